The summed E-state index contributed by atoms with van der Waals surface area (Å²) in [5, 5.41) is 3.56. The molecule has 4 heteroatoms. The summed E-state index contributed by atoms with van der Waals surface area (Å²) in [5.74, 6) is 0. The molecule has 1 N–H and O–H groups in total. The Balaban J connectivity index is 1.76. The van der Waals surface area contributed by atoms with Crippen LogP contribution < -0.4 is 5.32 Å². The summed E-state index contributed by atoms with van der Waals surface area (Å²) in [5.41, 5.74) is 1.92. The average molecular weight is 352 g/mol. The van der Waals surface area contributed by atoms with Crippen LogP contribution in [-0.4, -0.2) is 35.2 Å². The highest BCUT2D eigenvalue weighted by Gasteiger charge is 2.34. The van der Waals surface area contributed by atoms with Gasteiger partial charge >= 0.3 is 6.09 Å². The number of ether oxygens (including phenoxy) is 1. The van der Waals surface area contributed by atoms with E-state index in [2.05, 4.69) is 47.8 Å². The van der Waals surface area contributed by atoms with E-state index in [0.717, 1.165) is 12.8 Å². The molecule has 0 bridgehead atoms. The molecule has 1 aromatic rings. The third kappa shape index (κ3) is 4.37. The molecule has 0 saturated carbocycles. The Kier molecular flexibility index (Phi) is 5.21. The lowest BCUT2D eigenvalue weighted by molar-refractivity contribution is 0.0263. The van der Waals surface area contributed by atoms with Crippen LogP contribution in [0.3, 0.4) is 0 Å². The first-order valence-electron chi connectivity index (χ1n) is 9.21. The summed E-state index contributed by atoms with van der Waals surface area (Å²) < 4.78 is 5.50. The van der Waals surface area contributed by atoms with Gasteiger partial charge in [0, 0.05) is 19.5 Å². The van der Waals surface area contributed by atoms with Gasteiger partial charge in [0.1, 0.15) is 5.60 Å². The first kappa shape index (κ1) is 18.3. The summed E-state index contributed by atoms with van der Waals surface area (Å²) in [6.07, 6.45) is 12.0. The summed E-state index contributed by atoms with van der Waals surface area (Å²) in [6, 6.07) is 10.5. The number of benzene rings is 1. The second-order valence-corrected chi connectivity index (χ2v) is 7.90. The second-order valence-electron chi connectivity index (χ2n) is 7.90. The predicted octanol–water partition coefficient (Wildman–Crippen LogP) is 4.21. The van der Waals surface area contributed by atoms with E-state index in [-0.39, 0.29) is 11.6 Å². The molecule has 1 aromatic carbocycles. The molecule has 0 spiro atoms. The first-order chi connectivity index (χ1) is 12.4. The molecule has 26 heavy (non-hydrogen) atoms. The number of hydrogen-bond acceptors (Lipinski definition) is 3. The minimum atomic E-state index is -0.464. The van der Waals surface area contributed by atoms with E-state index in [1.165, 1.54) is 11.1 Å². The van der Waals surface area contributed by atoms with E-state index >= 15 is 0 Å². The fraction of sp³-hybridized carbons (Fsp3) is 0.409. The second kappa shape index (κ2) is 7.40. The molecule has 138 valence electrons. The van der Waals surface area contributed by atoms with E-state index in [1.807, 2.05) is 39.1 Å². The van der Waals surface area contributed by atoms with Crippen LogP contribution in [0.4, 0.5) is 4.79 Å². The zero-order valence-electron chi connectivity index (χ0n) is 15.9. The SMILES string of the molecule is CC(C)(C)OC(=O)N1CC=C(C2(Cc3ccccc3)C=CC=CN2)CC1. The zero-order valence-corrected chi connectivity index (χ0v) is 15.9. The van der Waals surface area contributed by atoms with Gasteiger partial charge in [-0.05, 0) is 50.6 Å². The molecule has 1 amide bonds. The minimum Gasteiger partial charge on any atom is -0.444 e. The lowest BCUT2D eigenvalue weighted by Gasteiger charge is -2.39. The molecule has 4 nitrogen and oxygen atoms in total. The molecule has 0 aromatic heterocycles. The van der Waals surface area contributed by atoms with E-state index in [0.29, 0.717) is 13.1 Å². The van der Waals surface area contributed by atoms with Crippen LogP contribution >= 0.6 is 0 Å². The summed E-state index contributed by atoms with van der Waals surface area (Å²) in [6.45, 7) is 6.95. The highest BCUT2D eigenvalue weighted by Crippen LogP contribution is 2.31. The number of nitrogens with one attached hydrogen (secondary N) is 1. The molecule has 3 rings (SSSR count). The molecule has 2 aliphatic rings. The van der Waals surface area contributed by atoms with Gasteiger partial charge in [-0.25, -0.2) is 4.79 Å². The lowest BCUT2D eigenvalue weighted by Crippen LogP contribution is -2.49. The first-order valence-corrected chi connectivity index (χ1v) is 9.21. The standard InChI is InChI=1S/C22H28N2O2/c1-21(2,3)26-20(25)24-15-11-19(12-16-24)22(13-7-8-14-23-22)17-18-9-5-4-6-10-18/h4-11,13-14,23H,12,15-17H2,1-3H3. The van der Waals surface area contributed by atoms with Crippen molar-refractivity contribution in [3.63, 3.8) is 0 Å². The van der Waals surface area contributed by atoms with Crippen LogP contribution in [0.5, 0.6) is 0 Å². The maximum atomic E-state index is 12.3. The van der Waals surface area contributed by atoms with Gasteiger partial charge in [-0.2, -0.15) is 0 Å². The van der Waals surface area contributed by atoms with Crippen molar-refractivity contribution >= 4 is 6.09 Å². The molecule has 0 aliphatic carbocycles. The highest BCUT2D eigenvalue weighted by atomic mass is 16.6. The van der Waals surface area contributed by atoms with Crippen molar-refractivity contribution in [2.24, 2.45) is 0 Å². The number of carbonyl (C=O) groups excluding carboxylic acids is 1. The molecule has 0 fully saturated rings. The number of amides is 1. The number of allylic oxidation sites excluding steroid dienone is 2. The lowest BCUT2D eigenvalue weighted by atomic mass is 9.79. The van der Waals surface area contributed by atoms with Gasteiger partial charge in [0.05, 0.1) is 5.54 Å². The van der Waals surface area contributed by atoms with Crippen molar-refractivity contribution in [3.8, 4) is 0 Å². The molecule has 0 radical (unpaired) electrons. The predicted molar refractivity (Wildman–Crippen MR) is 105 cm³/mol. The Bertz CT molecular complexity index is 728. The molecule has 1 unspecified atom stereocenters. The largest absolute Gasteiger partial charge is 0.444 e. The van der Waals surface area contributed by atoms with Gasteiger partial charge in [0.15, 0.2) is 0 Å². The van der Waals surface area contributed by atoms with Crippen molar-refractivity contribution in [2.75, 3.05) is 13.1 Å². The van der Waals surface area contributed by atoms with Gasteiger partial charge in [-0.1, -0.05) is 48.6 Å². The van der Waals surface area contributed by atoms with Crippen LogP contribution in [-0.2, 0) is 11.2 Å². The van der Waals surface area contributed by atoms with Crippen molar-refractivity contribution in [3.05, 3.63) is 72.0 Å². The molecule has 0 saturated heterocycles. The summed E-state index contributed by atoms with van der Waals surface area (Å²) >= 11 is 0. The Morgan fingerprint density at radius 1 is 1.23 bits per heavy atom. The van der Waals surface area contributed by atoms with Crippen LogP contribution in [0.2, 0.25) is 0 Å². The van der Waals surface area contributed by atoms with Gasteiger partial charge < -0.3 is 15.0 Å². The Morgan fingerprint density at radius 3 is 2.58 bits per heavy atom. The topological polar surface area (TPSA) is 41.6 Å². The van der Waals surface area contributed by atoms with E-state index in [9.17, 15) is 4.79 Å². The quantitative estimate of drug-likeness (QED) is 0.829. The van der Waals surface area contributed by atoms with Gasteiger partial charge in [0.2, 0.25) is 0 Å². The number of nitrogens with zero attached hydrogens (tertiary/aromatic N) is 1. The molecule has 2 heterocycles. The third-order valence-electron chi connectivity index (χ3n) is 4.69. The van der Waals surface area contributed by atoms with Crippen LogP contribution in [0.25, 0.3) is 0 Å². The van der Waals surface area contributed by atoms with Crippen LogP contribution in [0.1, 0.15) is 32.8 Å². The Morgan fingerprint density at radius 2 is 2.00 bits per heavy atom. The van der Waals surface area contributed by atoms with Crippen LogP contribution in [0.15, 0.2) is 66.4 Å². The number of dihydropyridines is 1. The summed E-state index contributed by atoms with van der Waals surface area (Å²) in [7, 11) is 0. The zero-order chi connectivity index (χ0) is 18.6. The normalized spacial score (nSPS) is 22.6. The fourth-order valence-corrected chi connectivity index (χ4v) is 3.43. The Labute approximate surface area is 156 Å². The minimum absolute atomic E-state index is 0.226. The van der Waals surface area contributed by atoms with E-state index in [1.54, 1.807) is 4.90 Å². The van der Waals surface area contributed by atoms with Crippen LogP contribution in [0, 0.1) is 0 Å². The average Bonchev–Trinajstić information content (AvgIpc) is 2.62. The number of carbonyl (C=O) groups is 1. The molecular weight excluding hydrogens is 324 g/mol. The highest BCUT2D eigenvalue weighted by molar-refractivity contribution is 5.68. The fourth-order valence-electron chi connectivity index (χ4n) is 3.43. The van der Waals surface area contributed by atoms with E-state index in [4.69, 9.17) is 4.74 Å². The maximum Gasteiger partial charge on any atom is 0.410 e. The van der Waals surface area contributed by atoms with Gasteiger partial charge in [-0.15, -0.1) is 0 Å². The number of rotatable bonds is 3. The van der Waals surface area contributed by atoms with Gasteiger partial charge in [0.25, 0.3) is 0 Å². The summed E-state index contributed by atoms with van der Waals surface area (Å²) in [4.78, 5) is 14.1. The van der Waals surface area contributed by atoms with E-state index < -0.39 is 5.60 Å². The maximum absolute atomic E-state index is 12.3. The van der Waals surface area contributed by atoms with Crippen molar-refractivity contribution in [1.82, 2.24) is 10.2 Å². The van der Waals surface area contributed by atoms with Crippen molar-refractivity contribution in [2.45, 2.75) is 44.8 Å². The van der Waals surface area contributed by atoms with Gasteiger partial charge in [-0.3, -0.25) is 0 Å². The number of hydrogen-bond donors (Lipinski definition) is 1. The molecule has 1 atom stereocenters. The van der Waals surface area contributed by atoms with Crippen molar-refractivity contribution in [1.29, 1.82) is 0 Å². The molecular formula is C22H28N2O2. The smallest absolute Gasteiger partial charge is 0.410 e. The van der Waals surface area contributed by atoms with Crippen molar-refractivity contribution < 1.29 is 9.53 Å². The Hall–Kier alpha value is -2.49. The monoisotopic (exact) mass is 352 g/mol. The third-order valence-corrected chi connectivity index (χ3v) is 4.69. The molecule has 2 aliphatic heterocycles.